The van der Waals surface area contributed by atoms with Crippen molar-refractivity contribution in [3.8, 4) is 17.2 Å². The zero-order valence-corrected chi connectivity index (χ0v) is 14.3. The Balaban J connectivity index is 1.67. The summed E-state index contributed by atoms with van der Waals surface area (Å²) in [5.74, 6) is 0.0706. The number of halogens is 1. The van der Waals surface area contributed by atoms with Crippen LogP contribution in [0.1, 0.15) is 20.7 Å². The van der Waals surface area contributed by atoms with Crippen molar-refractivity contribution in [3.05, 3.63) is 83.7 Å². The van der Waals surface area contributed by atoms with Crippen molar-refractivity contribution in [2.75, 3.05) is 12.0 Å². The van der Waals surface area contributed by atoms with E-state index in [9.17, 15) is 14.0 Å². The number of methoxy groups -OCH3 is 1. The van der Waals surface area contributed by atoms with Crippen molar-refractivity contribution in [3.63, 3.8) is 0 Å². The van der Waals surface area contributed by atoms with E-state index in [1.165, 1.54) is 37.4 Å². The van der Waals surface area contributed by atoms with Crippen LogP contribution in [0.2, 0.25) is 0 Å². The van der Waals surface area contributed by atoms with Gasteiger partial charge in [-0.25, -0.2) is 9.29 Å². The first kappa shape index (κ1) is 16.8. The number of nitrogens with zero attached hydrogens (tertiary/aromatic N) is 1. The van der Waals surface area contributed by atoms with Gasteiger partial charge in [0.2, 0.25) is 0 Å². The molecule has 0 spiro atoms. The first-order valence-electron chi connectivity index (χ1n) is 8.18. The summed E-state index contributed by atoms with van der Waals surface area (Å²) in [4.78, 5) is 26.4. The molecule has 4 rings (SSSR count). The summed E-state index contributed by atoms with van der Waals surface area (Å²) in [5.41, 5.74) is 0.822. The van der Waals surface area contributed by atoms with Crippen molar-refractivity contribution in [2.24, 2.45) is 0 Å². The SMILES string of the molecule is COc1ccccc1Oc1ccc2c(c1)C(=O)N(c1ccc(F)cc1)C2=O. The number of hydrogen-bond donors (Lipinski definition) is 0. The molecule has 3 aromatic rings. The quantitative estimate of drug-likeness (QED) is 0.644. The van der Waals surface area contributed by atoms with Crippen molar-refractivity contribution in [1.29, 1.82) is 0 Å². The third-order valence-corrected chi connectivity index (χ3v) is 4.24. The van der Waals surface area contributed by atoms with E-state index in [2.05, 4.69) is 0 Å². The third-order valence-electron chi connectivity index (χ3n) is 4.24. The smallest absolute Gasteiger partial charge is 0.266 e. The molecule has 5 nitrogen and oxygen atoms in total. The zero-order chi connectivity index (χ0) is 19.0. The number of benzene rings is 3. The van der Waals surface area contributed by atoms with Gasteiger partial charge in [-0.15, -0.1) is 0 Å². The second kappa shape index (κ2) is 6.57. The molecule has 0 bridgehead atoms. The molecule has 134 valence electrons. The van der Waals surface area contributed by atoms with Crippen LogP contribution >= 0.6 is 0 Å². The molecule has 0 fully saturated rings. The normalized spacial score (nSPS) is 12.9. The van der Waals surface area contributed by atoms with Crippen LogP contribution in [-0.4, -0.2) is 18.9 Å². The highest BCUT2D eigenvalue weighted by Crippen LogP contribution is 2.35. The highest BCUT2D eigenvalue weighted by Gasteiger charge is 2.37. The summed E-state index contributed by atoms with van der Waals surface area (Å²) >= 11 is 0. The molecule has 27 heavy (non-hydrogen) atoms. The molecule has 0 unspecified atom stereocenters. The Labute approximate surface area is 154 Å². The Morgan fingerprint density at radius 1 is 0.815 bits per heavy atom. The van der Waals surface area contributed by atoms with Crippen molar-refractivity contribution in [1.82, 2.24) is 0 Å². The average Bonchev–Trinajstić information content (AvgIpc) is 2.93. The maximum atomic E-state index is 13.1. The minimum Gasteiger partial charge on any atom is -0.493 e. The van der Waals surface area contributed by atoms with Gasteiger partial charge in [0, 0.05) is 0 Å². The van der Waals surface area contributed by atoms with E-state index in [0.717, 1.165) is 4.90 Å². The average molecular weight is 363 g/mol. The summed E-state index contributed by atoms with van der Waals surface area (Å²) in [6, 6.07) is 17.0. The molecule has 0 aromatic heterocycles. The van der Waals surface area contributed by atoms with Crippen molar-refractivity contribution in [2.45, 2.75) is 0 Å². The Morgan fingerprint density at radius 3 is 2.19 bits per heavy atom. The van der Waals surface area contributed by atoms with Crippen LogP contribution in [0, 0.1) is 5.82 Å². The number of imide groups is 1. The van der Waals surface area contributed by atoms with Crippen LogP contribution in [0.25, 0.3) is 0 Å². The predicted molar refractivity (Wildman–Crippen MR) is 97.1 cm³/mol. The maximum Gasteiger partial charge on any atom is 0.266 e. The summed E-state index contributed by atoms with van der Waals surface area (Å²) in [6.07, 6.45) is 0. The lowest BCUT2D eigenvalue weighted by atomic mass is 10.1. The van der Waals surface area contributed by atoms with Crippen molar-refractivity contribution < 1.29 is 23.5 Å². The minimum atomic E-state index is -0.480. The fourth-order valence-corrected chi connectivity index (χ4v) is 2.94. The monoisotopic (exact) mass is 363 g/mol. The summed E-state index contributed by atoms with van der Waals surface area (Å²) in [6.45, 7) is 0. The van der Waals surface area contributed by atoms with E-state index in [4.69, 9.17) is 9.47 Å². The molecule has 1 aliphatic heterocycles. The fraction of sp³-hybridized carbons (Fsp3) is 0.0476. The molecule has 0 aliphatic carbocycles. The fourth-order valence-electron chi connectivity index (χ4n) is 2.94. The second-order valence-electron chi connectivity index (χ2n) is 5.88. The van der Waals surface area contributed by atoms with Gasteiger partial charge >= 0.3 is 0 Å². The van der Waals surface area contributed by atoms with Gasteiger partial charge in [0.05, 0.1) is 23.9 Å². The van der Waals surface area contributed by atoms with Crippen molar-refractivity contribution >= 4 is 17.5 Å². The van der Waals surface area contributed by atoms with E-state index in [1.54, 1.807) is 30.3 Å². The number of para-hydroxylation sites is 2. The highest BCUT2D eigenvalue weighted by atomic mass is 19.1. The van der Waals surface area contributed by atoms with E-state index in [-0.39, 0.29) is 11.1 Å². The Morgan fingerprint density at radius 2 is 1.48 bits per heavy atom. The van der Waals surface area contributed by atoms with Gasteiger partial charge in [0.1, 0.15) is 11.6 Å². The Hall–Kier alpha value is -3.67. The Kier molecular flexibility index (Phi) is 4.08. The lowest BCUT2D eigenvalue weighted by Gasteiger charge is -2.13. The summed E-state index contributed by atoms with van der Waals surface area (Å²) in [7, 11) is 1.54. The van der Waals surface area contributed by atoms with Gasteiger partial charge in [0.15, 0.2) is 11.5 Å². The van der Waals surface area contributed by atoms with E-state index in [1.807, 2.05) is 6.07 Å². The largest absolute Gasteiger partial charge is 0.493 e. The first-order valence-corrected chi connectivity index (χ1v) is 8.18. The number of carbonyl (C=O) groups excluding carboxylic acids is 2. The molecule has 6 heteroatoms. The van der Waals surface area contributed by atoms with Crippen LogP contribution in [0.4, 0.5) is 10.1 Å². The minimum absolute atomic E-state index is 0.233. The Bertz CT molecular complexity index is 1050. The summed E-state index contributed by atoms with van der Waals surface area (Å²) in [5, 5.41) is 0. The van der Waals surface area contributed by atoms with Crippen LogP contribution < -0.4 is 14.4 Å². The topological polar surface area (TPSA) is 55.8 Å². The molecule has 0 N–H and O–H groups in total. The van der Waals surface area contributed by atoms with Crippen LogP contribution in [0.3, 0.4) is 0 Å². The first-order chi connectivity index (χ1) is 13.1. The van der Waals surface area contributed by atoms with Crippen LogP contribution in [0.15, 0.2) is 66.7 Å². The predicted octanol–water partition coefficient (Wildman–Crippen LogP) is 4.43. The highest BCUT2D eigenvalue weighted by molar-refractivity contribution is 6.34. The van der Waals surface area contributed by atoms with Gasteiger partial charge in [-0.3, -0.25) is 9.59 Å². The van der Waals surface area contributed by atoms with Gasteiger partial charge in [-0.05, 0) is 54.6 Å². The second-order valence-corrected chi connectivity index (χ2v) is 5.88. The van der Waals surface area contributed by atoms with Gasteiger partial charge in [-0.1, -0.05) is 12.1 Å². The number of anilines is 1. The molecule has 0 saturated heterocycles. The molecule has 0 radical (unpaired) electrons. The van der Waals surface area contributed by atoms with Gasteiger partial charge < -0.3 is 9.47 Å². The molecular formula is C21H14FNO4. The van der Waals surface area contributed by atoms with E-state index >= 15 is 0 Å². The zero-order valence-electron chi connectivity index (χ0n) is 14.3. The number of hydrogen-bond acceptors (Lipinski definition) is 4. The standard InChI is InChI=1S/C21H14FNO4/c1-26-18-4-2-3-5-19(18)27-15-10-11-16-17(12-15)21(25)23(20(16)24)14-8-6-13(22)7-9-14/h2-12H,1H3. The summed E-state index contributed by atoms with van der Waals surface area (Å²) < 4.78 is 24.2. The van der Waals surface area contributed by atoms with Gasteiger partial charge in [0.25, 0.3) is 11.8 Å². The number of carbonyl (C=O) groups is 2. The van der Waals surface area contributed by atoms with Crippen LogP contribution in [-0.2, 0) is 0 Å². The van der Waals surface area contributed by atoms with Crippen LogP contribution in [0.5, 0.6) is 17.2 Å². The molecule has 3 aromatic carbocycles. The number of amides is 2. The van der Waals surface area contributed by atoms with E-state index < -0.39 is 17.6 Å². The molecule has 0 saturated carbocycles. The molecule has 0 atom stereocenters. The molecule has 2 amide bonds. The third kappa shape index (κ3) is 2.91. The lowest BCUT2D eigenvalue weighted by molar-refractivity contribution is 0.0926. The van der Waals surface area contributed by atoms with E-state index in [0.29, 0.717) is 22.9 Å². The van der Waals surface area contributed by atoms with Gasteiger partial charge in [-0.2, -0.15) is 0 Å². The molecule has 1 aliphatic rings. The molecule has 1 heterocycles. The maximum absolute atomic E-state index is 13.1. The number of fused-ring (bicyclic) bond motifs is 1. The lowest BCUT2D eigenvalue weighted by Crippen LogP contribution is -2.29. The number of ether oxygens (including phenoxy) is 2. The number of rotatable bonds is 4. The molecular weight excluding hydrogens is 349 g/mol.